The highest BCUT2D eigenvalue weighted by atomic mass is 16.5. The Balaban J connectivity index is 1.54. The Hall–Kier alpha value is -3.15. The summed E-state index contributed by atoms with van der Waals surface area (Å²) < 4.78 is 5.22. The van der Waals surface area contributed by atoms with Crippen LogP contribution in [0, 0.1) is 19.8 Å². The second-order valence-electron chi connectivity index (χ2n) is 7.47. The van der Waals surface area contributed by atoms with Crippen molar-refractivity contribution in [1.82, 2.24) is 4.90 Å². The zero-order valence-electron chi connectivity index (χ0n) is 17.1. The van der Waals surface area contributed by atoms with Crippen LogP contribution in [-0.2, 0) is 25.7 Å². The third kappa shape index (κ3) is 4.83. The van der Waals surface area contributed by atoms with Crippen LogP contribution in [0.2, 0.25) is 0 Å². The van der Waals surface area contributed by atoms with Crippen LogP contribution in [0.4, 0.5) is 5.69 Å². The van der Waals surface area contributed by atoms with Crippen LogP contribution in [0.1, 0.15) is 23.1 Å². The van der Waals surface area contributed by atoms with Gasteiger partial charge in [-0.15, -0.1) is 0 Å². The fourth-order valence-corrected chi connectivity index (χ4v) is 3.43. The number of carbonyl (C=O) groups is 3. The van der Waals surface area contributed by atoms with E-state index in [1.54, 1.807) is 11.9 Å². The van der Waals surface area contributed by atoms with Gasteiger partial charge >= 0.3 is 5.97 Å². The first-order valence-corrected chi connectivity index (χ1v) is 9.68. The summed E-state index contributed by atoms with van der Waals surface area (Å²) in [4.78, 5) is 40.3. The summed E-state index contributed by atoms with van der Waals surface area (Å²) in [6.07, 6.45) is 0.0975. The zero-order valence-corrected chi connectivity index (χ0v) is 17.1. The molecule has 1 atom stereocenters. The van der Waals surface area contributed by atoms with Gasteiger partial charge in [-0.2, -0.15) is 0 Å². The van der Waals surface area contributed by atoms with Gasteiger partial charge in [0.25, 0.3) is 5.91 Å². The first kappa shape index (κ1) is 20.6. The van der Waals surface area contributed by atoms with E-state index in [4.69, 9.17) is 4.74 Å². The first-order chi connectivity index (χ1) is 13.9. The quantitative estimate of drug-likeness (QED) is 0.707. The maximum Gasteiger partial charge on any atom is 0.311 e. The maximum absolute atomic E-state index is 12.4. The molecule has 29 heavy (non-hydrogen) atoms. The van der Waals surface area contributed by atoms with E-state index < -0.39 is 11.9 Å². The Labute approximate surface area is 171 Å². The van der Waals surface area contributed by atoms with Crippen LogP contribution in [0.3, 0.4) is 0 Å². The van der Waals surface area contributed by atoms with E-state index in [0.717, 1.165) is 22.4 Å². The van der Waals surface area contributed by atoms with Crippen LogP contribution in [0.5, 0.6) is 0 Å². The summed E-state index contributed by atoms with van der Waals surface area (Å²) in [6.45, 7) is 4.35. The molecule has 0 N–H and O–H groups in total. The molecule has 0 aromatic heterocycles. The molecule has 0 unspecified atom stereocenters. The average Bonchev–Trinajstić information content (AvgIpc) is 3.10. The summed E-state index contributed by atoms with van der Waals surface area (Å²) in [6, 6.07) is 15.4. The minimum absolute atomic E-state index is 0.0975. The fraction of sp³-hybridized carbons (Fsp3) is 0.348. The molecule has 1 aliphatic rings. The largest absolute Gasteiger partial charge is 0.455 e. The molecule has 1 heterocycles. The molecule has 3 rings (SSSR count). The maximum atomic E-state index is 12.4. The van der Waals surface area contributed by atoms with Crippen molar-refractivity contribution in [2.45, 2.75) is 26.8 Å². The lowest BCUT2D eigenvalue weighted by molar-refractivity contribution is -0.155. The number of hydrogen-bond donors (Lipinski definition) is 0. The number of carbonyl (C=O) groups excluding carboxylic acids is 3. The fourth-order valence-electron chi connectivity index (χ4n) is 3.43. The standard InChI is InChI=1S/C23H26N2O4/c1-16-8-7-11-20(17(16)2)25-14-19(12-21(25)26)23(28)29-15-22(27)24(3)13-18-9-5-4-6-10-18/h4-11,19H,12-15H2,1-3H3/t19-/m1/s1. The van der Waals surface area contributed by atoms with Gasteiger partial charge in [-0.25, -0.2) is 0 Å². The van der Waals surface area contributed by atoms with Gasteiger partial charge in [0.1, 0.15) is 0 Å². The summed E-state index contributed by atoms with van der Waals surface area (Å²) in [5.74, 6) is -1.45. The first-order valence-electron chi connectivity index (χ1n) is 9.68. The number of likely N-dealkylation sites (N-methyl/N-ethyl adjacent to an activating group) is 1. The smallest absolute Gasteiger partial charge is 0.311 e. The lowest BCUT2D eigenvalue weighted by Crippen LogP contribution is -2.32. The highest BCUT2D eigenvalue weighted by Crippen LogP contribution is 2.29. The molecule has 0 spiro atoms. The van der Waals surface area contributed by atoms with E-state index in [9.17, 15) is 14.4 Å². The van der Waals surface area contributed by atoms with Crippen molar-refractivity contribution in [2.75, 3.05) is 25.1 Å². The SMILES string of the molecule is Cc1cccc(N2C[C@H](C(=O)OCC(=O)N(C)Cc3ccccc3)CC2=O)c1C. The van der Waals surface area contributed by atoms with Crippen molar-refractivity contribution in [2.24, 2.45) is 5.92 Å². The van der Waals surface area contributed by atoms with Gasteiger partial charge in [-0.05, 0) is 36.6 Å². The Kier molecular flexibility index (Phi) is 6.32. The topological polar surface area (TPSA) is 66.9 Å². The number of ether oxygens (including phenoxy) is 1. The predicted octanol–water partition coefficient (Wildman–Crippen LogP) is 2.86. The molecule has 0 radical (unpaired) electrons. The molecule has 152 valence electrons. The highest BCUT2D eigenvalue weighted by Gasteiger charge is 2.37. The molecule has 1 saturated heterocycles. The molecule has 2 amide bonds. The third-order valence-electron chi connectivity index (χ3n) is 5.35. The number of esters is 1. The molecule has 6 nitrogen and oxygen atoms in total. The predicted molar refractivity (Wildman–Crippen MR) is 110 cm³/mol. The lowest BCUT2D eigenvalue weighted by Gasteiger charge is -2.20. The summed E-state index contributed by atoms with van der Waals surface area (Å²) >= 11 is 0. The third-order valence-corrected chi connectivity index (χ3v) is 5.35. The van der Waals surface area contributed by atoms with Crippen LogP contribution in [-0.4, -0.2) is 42.9 Å². The van der Waals surface area contributed by atoms with Crippen molar-refractivity contribution in [3.8, 4) is 0 Å². The molecule has 2 aromatic carbocycles. The van der Waals surface area contributed by atoms with Crippen LogP contribution in [0.25, 0.3) is 0 Å². The van der Waals surface area contributed by atoms with Gasteiger partial charge < -0.3 is 14.5 Å². The van der Waals surface area contributed by atoms with Crippen molar-refractivity contribution < 1.29 is 19.1 Å². The molecule has 0 aliphatic carbocycles. The van der Waals surface area contributed by atoms with Crippen LogP contribution in [0.15, 0.2) is 48.5 Å². The Morgan fingerprint density at radius 3 is 2.55 bits per heavy atom. The normalized spacial score (nSPS) is 16.0. The van der Waals surface area contributed by atoms with E-state index in [2.05, 4.69) is 0 Å². The summed E-state index contributed by atoms with van der Waals surface area (Å²) in [5, 5.41) is 0. The second-order valence-corrected chi connectivity index (χ2v) is 7.47. The molecular weight excluding hydrogens is 368 g/mol. The molecule has 2 aromatic rings. The number of nitrogens with zero attached hydrogens (tertiary/aromatic N) is 2. The molecule has 0 bridgehead atoms. The summed E-state index contributed by atoms with van der Waals surface area (Å²) in [5.41, 5.74) is 3.94. The molecule has 1 fully saturated rings. The zero-order chi connectivity index (χ0) is 21.0. The van der Waals surface area contributed by atoms with E-state index in [1.165, 1.54) is 4.90 Å². The van der Waals surface area contributed by atoms with Crippen molar-refractivity contribution in [3.63, 3.8) is 0 Å². The average molecular weight is 394 g/mol. The minimum Gasteiger partial charge on any atom is -0.455 e. The molecule has 0 saturated carbocycles. The number of amides is 2. The van der Waals surface area contributed by atoms with Gasteiger partial charge in [0, 0.05) is 32.2 Å². The number of hydrogen-bond acceptors (Lipinski definition) is 4. The number of benzene rings is 2. The van der Waals surface area contributed by atoms with Crippen LogP contribution >= 0.6 is 0 Å². The van der Waals surface area contributed by atoms with Gasteiger partial charge in [0.05, 0.1) is 5.92 Å². The van der Waals surface area contributed by atoms with Crippen molar-refractivity contribution in [3.05, 3.63) is 65.2 Å². The number of aryl methyl sites for hydroxylation is 1. The van der Waals surface area contributed by atoms with Crippen molar-refractivity contribution in [1.29, 1.82) is 0 Å². The Morgan fingerprint density at radius 2 is 1.83 bits per heavy atom. The van der Waals surface area contributed by atoms with Gasteiger partial charge in [0.15, 0.2) is 6.61 Å². The lowest BCUT2D eigenvalue weighted by atomic mass is 10.1. The van der Waals surface area contributed by atoms with Crippen LogP contribution < -0.4 is 4.90 Å². The van der Waals surface area contributed by atoms with E-state index in [0.29, 0.717) is 6.54 Å². The Morgan fingerprint density at radius 1 is 1.10 bits per heavy atom. The number of rotatable bonds is 6. The van der Waals surface area contributed by atoms with E-state index >= 15 is 0 Å². The van der Waals surface area contributed by atoms with Crippen molar-refractivity contribution >= 4 is 23.5 Å². The van der Waals surface area contributed by atoms with Gasteiger partial charge in [-0.1, -0.05) is 42.5 Å². The summed E-state index contributed by atoms with van der Waals surface area (Å²) in [7, 11) is 1.67. The van der Waals surface area contributed by atoms with E-state index in [1.807, 2.05) is 62.4 Å². The highest BCUT2D eigenvalue weighted by molar-refractivity contribution is 6.00. The van der Waals surface area contributed by atoms with Gasteiger partial charge in [0.2, 0.25) is 5.91 Å². The monoisotopic (exact) mass is 394 g/mol. The molecule has 1 aliphatic heterocycles. The number of anilines is 1. The van der Waals surface area contributed by atoms with Gasteiger partial charge in [-0.3, -0.25) is 14.4 Å². The second kappa shape index (κ2) is 8.90. The Bertz CT molecular complexity index is 910. The molecule has 6 heteroatoms. The van der Waals surface area contributed by atoms with E-state index in [-0.39, 0.29) is 31.4 Å². The minimum atomic E-state index is -0.561. The molecular formula is C23H26N2O4.